The van der Waals surface area contributed by atoms with Gasteiger partial charge in [-0.05, 0) is 25.1 Å². The molecule has 4 aromatic rings. The highest BCUT2D eigenvalue weighted by molar-refractivity contribution is 5.90. The normalized spacial score (nSPS) is 11.4. The predicted molar refractivity (Wildman–Crippen MR) is 83.4 cm³/mol. The van der Waals surface area contributed by atoms with Crippen LogP contribution in [0.2, 0.25) is 0 Å². The Hall–Kier alpha value is -3.02. The van der Waals surface area contributed by atoms with Crippen molar-refractivity contribution in [1.29, 1.82) is 0 Å². The summed E-state index contributed by atoms with van der Waals surface area (Å²) in [5, 5.41) is 15.8. The van der Waals surface area contributed by atoms with E-state index in [-0.39, 0.29) is 5.75 Å². The summed E-state index contributed by atoms with van der Waals surface area (Å²) in [4.78, 5) is 13.0. The van der Waals surface area contributed by atoms with Gasteiger partial charge < -0.3 is 5.11 Å². The fourth-order valence-corrected chi connectivity index (χ4v) is 2.61. The molecule has 6 heteroatoms. The van der Waals surface area contributed by atoms with Crippen molar-refractivity contribution in [3.63, 3.8) is 0 Å². The van der Waals surface area contributed by atoms with E-state index in [0.717, 1.165) is 27.5 Å². The van der Waals surface area contributed by atoms with Crippen molar-refractivity contribution in [2.75, 3.05) is 0 Å². The maximum atomic E-state index is 10.5. The smallest absolute Gasteiger partial charge is 0.163 e. The van der Waals surface area contributed by atoms with Gasteiger partial charge in [-0.3, -0.25) is 9.67 Å². The third kappa shape index (κ3) is 1.81. The number of fused-ring (bicyclic) bond motifs is 2. The van der Waals surface area contributed by atoms with Crippen LogP contribution < -0.4 is 0 Å². The van der Waals surface area contributed by atoms with E-state index < -0.39 is 0 Å². The van der Waals surface area contributed by atoms with Gasteiger partial charge in [0, 0.05) is 30.4 Å². The maximum absolute atomic E-state index is 10.5. The number of aryl methyl sites for hydroxylation is 2. The van der Waals surface area contributed by atoms with Crippen LogP contribution in [0, 0.1) is 6.92 Å². The molecule has 0 saturated heterocycles. The second-order valence-electron chi connectivity index (χ2n) is 5.24. The molecule has 0 unspecified atom stereocenters. The second-order valence-corrected chi connectivity index (χ2v) is 5.24. The van der Waals surface area contributed by atoms with Gasteiger partial charge in [0.15, 0.2) is 5.82 Å². The molecule has 0 saturated carbocycles. The molecule has 1 N–H and O–H groups in total. The third-order valence-electron chi connectivity index (χ3n) is 3.72. The van der Waals surface area contributed by atoms with Crippen LogP contribution in [0.5, 0.6) is 5.75 Å². The Labute approximate surface area is 126 Å². The van der Waals surface area contributed by atoms with Gasteiger partial charge >= 0.3 is 0 Å². The van der Waals surface area contributed by atoms with E-state index in [0.29, 0.717) is 11.4 Å². The number of hydrogen-bond donors (Lipinski definition) is 1. The highest BCUT2D eigenvalue weighted by Crippen LogP contribution is 2.35. The largest absolute Gasteiger partial charge is 0.507 e. The lowest BCUT2D eigenvalue weighted by molar-refractivity contribution is 0.473. The Morgan fingerprint density at radius 3 is 2.91 bits per heavy atom. The molecule has 0 atom stereocenters. The lowest BCUT2D eigenvalue weighted by Crippen LogP contribution is -1.93. The van der Waals surface area contributed by atoms with Gasteiger partial charge in [0.1, 0.15) is 11.3 Å². The molecule has 3 aromatic heterocycles. The summed E-state index contributed by atoms with van der Waals surface area (Å²) in [6.45, 7) is 1.84. The molecule has 0 spiro atoms. The molecular formula is C16H13N5O. The number of benzene rings is 1. The van der Waals surface area contributed by atoms with Crippen LogP contribution in [0.1, 0.15) is 5.56 Å². The number of phenols is 1. The molecule has 0 aliphatic heterocycles. The highest BCUT2D eigenvalue weighted by atomic mass is 16.3. The first-order valence-electron chi connectivity index (χ1n) is 6.87. The zero-order chi connectivity index (χ0) is 15.3. The van der Waals surface area contributed by atoms with Gasteiger partial charge in [0.25, 0.3) is 0 Å². The lowest BCUT2D eigenvalue weighted by atomic mass is 10.1. The minimum atomic E-state index is 0.162. The Morgan fingerprint density at radius 1 is 1.18 bits per heavy atom. The van der Waals surface area contributed by atoms with Crippen molar-refractivity contribution in [1.82, 2.24) is 24.7 Å². The van der Waals surface area contributed by atoms with Crippen LogP contribution in [0.4, 0.5) is 0 Å². The molecule has 0 aliphatic carbocycles. The maximum Gasteiger partial charge on any atom is 0.163 e. The Morgan fingerprint density at radius 2 is 2.05 bits per heavy atom. The standard InChI is InChI=1S/C16H13N5O/c1-9-14-10(8-21(2)20-14)6-11(15(9)22)16-18-7-13-12(19-16)4-3-5-17-13/h3-8,22H,1-2H3. The number of aromatic hydroxyl groups is 1. The van der Waals surface area contributed by atoms with Gasteiger partial charge in [-0.1, -0.05) is 0 Å². The summed E-state index contributed by atoms with van der Waals surface area (Å²) in [5.74, 6) is 0.640. The number of nitrogens with zero attached hydrogens (tertiary/aromatic N) is 5. The minimum Gasteiger partial charge on any atom is -0.507 e. The number of phenolic OH excluding ortho intramolecular Hbond substituents is 1. The molecule has 0 bridgehead atoms. The molecule has 6 nitrogen and oxygen atoms in total. The van der Waals surface area contributed by atoms with Crippen molar-refractivity contribution >= 4 is 21.9 Å². The Bertz CT molecular complexity index is 1020. The van der Waals surface area contributed by atoms with Crippen LogP contribution in [-0.4, -0.2) is 29.8 Å². The Balaban J connectivity index is 2.00. The van der Waals surface area contributed by atoms with Gasteiger partial charge in [0.2, 0.25) is 0 Å². The van der Waals surface area contributed by atoms with Crippen molar-refractivity contribution in [2.24, 2.45) is 7.05 Å². The molecule has 0 aliphatic rings. The van der Waals surface area contributed by atoms with E-state index in [9.17, 15) is 5.11 Å². The van der Waals surface area contributed by atoms with Crippen LogP contribution in [0.3, 0.4) is 0 Å². The molecular weight excluding hydrogens is 278 g/mol. The van der Waals surface area contributed by atoms with Crippen molar-refractivity contribution in [3.05, 3.63) is 42.4 Å². The molecule has 4 rings (SSSR count). The van der Waals surface area contributed by atoms with Crippen molar-refractivity contribution < 1.29 is 5.11 Å². The molecule has 108 valence electrons. The summed E-state index contributed by atoms with van der Waals surface area (Å²) in [6, 6.07) is 5.57. The summed E-state index contributed by atoms with van der Waals surface area (Å²) >= 11 is 0. The molecule has 0 amide bonds. The molecule has 1 aromatic carbocycles. The molecule has 0 radical (unpaired) electrons. The average Bonchev–Trinajstić information content (AvgIpc) is 2.91. The van der Waals surface area contributed by atoms with Crippen molar-refractivity contribution in [3.8, 4) is 17.1 Å². The van der Waals surface area contributed by atoms with Gasteiger partial charge in [0.05, 0.1) is 22.8 Å². The summed E-state index contributed by atoms with van der Waals surface area (Å²) in [7, 11) is 1.86. The first-order chi connectivity index (χ1) is 10.6. The van der Waals surface area contributed by atoms with Gasteiger partial charge in [-0.15, -0.1) is 0 Å². The summed E-state index contributed by atoms with van der Waals surface area (Å²) < 4.78 is 1.73. The quantitative estimate of drug-likeness (QED) is 0.583. The topological polar surface area (TPSA) is 76.7 Å². The minimum absolute atomic E-state index is 0.162. The van der Waals surface area contributed by atoms with E-state index >= 15 is 0 Å². The monoisotopic (exact) mass is 291 g/mol. The molecule has 0 fully saturated rings. The highest BCUT2D eigenvalue weighted by Gasteiger charge is 2.15. The van der Waals surface area contributed by atoms with E-state index in [4.69, 9.17) is 0 Å². The van der Waals surface area contributed by atoms with Crippen LogP contribution in [0.25, 0.3) is 33.3 Å². The number of pyridine rings is 1. The Kier molecular flexibility index (Phi) is 2.59. The first kappa shape index (κ1) is 12.7. The van der Waals surface area contributed by atoms with E-state index in [1.807, 2.05) is 38.4 Å². The molecule has 22 heavy (non-hydrogen) atoms. The summed E-state index contributed by atoms with van der Waals surface area (Å²) in [6.07, 6.45) is 5.28. The number of rotatable bonds is 1. The van der Waals surface area contributed by atoms with E-state index in [1.165, 1.54) is 0 Å². The first-order valence-corrected chi connectivity index (χ1v) is 6.87. The summed E-state index contributed by atoms with van der Waals surface area (Å²) in [5.41, 5.74) is 3.58. The van der Waals surface area contributed by atoms with E-state index in [2.05, 4.69) is 20.1 Å². The third-order valence-corrected chi connectivity index (χ3v) is 3.72. The number of aromatic nitrogens is 5. The van der Waals surface area contributed by atoms with Crippen LogP contribution >= 0.6 is 0 Å². The van der Waals surface area contributed by atoms with Crippen LogP contribution in [0.15, 0.2) is 36.8 Å². The average molecular weight is 291 g/mol. The zero-order valence-corrected chi connectivity index (χ0v) is 12.1. The SMILES string of the molecule is Cc1c(O)c(-c2ncc3ncccc3n2)cc2cn(C)nc12. The van der Waals surface area contributed by atoms with Gasteiger partial charge in [-0.2, -0.15) is 5.10 Å². The fraction of sp³-hybridized carbons (Fsp3) is 0.125. The molecule has 3 heterocycles. The zero-order valence-electron chi connectivity index (χ0n) is 12.1. The predicted octanol–water partition coefficient (Wildman–Crippen LogP) is 2.59. The second kappa shape index (κ2) is 4.49. The fourth-order valence-electron chi connectivity index (χ4n) is 2.61. The lowest BCUT2D eigenvalue weighted by Gasteiger charge is -2.07. The number of hydrogen-bond acceptors (Lipinski definition) is 5. The van der Waals surface area contributed by atoms with Gasteiger partial charge in [-0.25, -0.2) is 9.97 Å². The van der Waals surface area contributed by atoms with Crippen molar-refractivity contribution in [2.45, 2.75) is 6.92 Å². The van der Waals surface area contributed by atoms with E-state index in [1.54, 1.807) is 17.1 Å². The van der Waals surface area contributed by atoms with Crippen LogP contribution in [-0.2, 0) is 7.05 Å².